The van der Waals surface area contributed by atoms with Crippen LogP contribution in [0.2, 0.25) is 0 Å². The normalized spacial score (nSPS) is 12.5. The van der Waals surface area contributed by atoms with Crippen LogP contribution in [0.1, 0.15) is 51.3 Å². The number of ketones is 1. The summed E-state index contributed by atoms with van der Waals surface area (Å²) in [5.41, 5.74) is 5.37. The van der Waals surface area contributed by atoms with Crippen LogP contribution in [-0.2, 0) is 19.4 Å². The van der Waals surface area contributed by atoms with Crippen molar-refractivity contribution >= 4 is 23.0 Å². The highest BCUT2D eigenvalue weighted by Gasteiger charge is 2.24. The van der Waals surface area contributed by atoms with E-state index in [2.05, 4.69) is 34.7 Å². The van der Waals surface area contributed by atoms with Gasteiger partial charge in [0.2, 0.25) is 0 Å². The van der Waals surface area contributed by atoms with Crippen molar-refractivity contribution < 1.29 is 23.5 Å². The molecule has 0 saturated heterocycles. The second kappa shape index (κ2) is 15.1. The first kappa shape index (κ1) is 32.8. The van der Waals surface area contributed by atoms with Gasteiger partial charge in [0.25, 0.3) is 5.91 Å². The van der Waals surface area contributed by atoms with Gasteiger partial charge in [0.05, 0.1) is 12.1 Å². The van der Waals surface area contributed by atoms with Crippen molar-refractivity contribution in [2.45, 2.75) is 45.4 Å². The molecule has 1 amide bonds. The molecule has 0 bridgehead atoms. The molecule has 2 unspecified atom stereocenters. The monoisotopic (exact) mass is 639 g/mol. The summed E-state index contributed by atoms with van der Waals surface area (Å²) in [6, 6.07) is 22.9. The summed E-state index contributed by atoms with van der Waals surface area (Å²) in [5, 5.41) is 20.0. The zero-order chi connectivity index (χ0) is 32.6. The van der Waals surface area contributed by atoms with Crippen LogP contribution in [0.4, 0.5) is 8.78 Å². The predicted octanol–water partition coefficient (Wildman–Crippen LogP) is 7.01. The molecule has 46 heavy (non-hydrogen) atoms. The van der Waals surface area contributed by atoms with Crippen molar-refractivity contribution in [3.8, 4) is 21.7 Å². The molecule has 236 valence electrons. The number of nitrogens with zero attached hydrogens (tertiary/aromatic N) is 1. The van der Waals surface area contributed by atoms with Gasteiger partial charge < -0.3 is 15.7 Å². The number of aliphatic hydroxyl groups is 1. The number of benzene rings is 4. The second-order valence-electron chi connectivity index (χ2n) is 11.2. The molecule has 0 aliphatic carbocycles. The maximum absolute atomic E-state index is 14.1. The molecule has 6 nitrogen and oxygen atoms in total. The van der Waals surface area contributed by atoms with E-state index in [0.717, 1.165) is 18.1 Å². The Labute approximate surface area is 271 Å². The van der Waals surface area contributed by atoms with Gasteiger partial charge >= 0.3 is 0 Å². The van der Waals surface area contributed by atoms with Crippen LogP contribution >= 0.6 is 11.3 Å². The van der Waals surface area contributed by atoms with E-state index in [-0.39, 0.29) is 24.3 Å². The number of halogens is 2. The van der Waals surface area contributed by atoms with Gasteiger partial charge in [-0.05, 0) is 77.9 Å². The molecule has 1 heterocycles. The minimum absolute atomic E-state index is 0.0131. The second-order valence-corrected chi connectivity index (χ2v) is 12.1. The van der Waals surface area contributed by atoms with Crippen molar-refractivity contribution in [2.75, 3.05) is 6.54 Å². The molecule has 0 radical (unpaired) electrons. The van der Waals surface area contributed by atoms with Crippen LogP contribution in [0.3, 0.4) is 0 Å². The molecular weight excluding hydrogens is 604 g/mol. The molecule has 5 aromatic rings. The van der Waals surface area contributed by atoms with Gasteiger partial charge in [-0.1, -0.05) is 55.5 Å². The minimum atomic E-state index is -1.09. The smallest absolute Gasteiger partial charge is 0.251 e. The summed E-state index contributed by atoms with van der Waals surface area (Å²) >= 11 is 1.41. The Balaban J connectivity index is 1.44. The number of aliphatic hydroxyl groups excluding tert-OH is 1. The first-order valence-corrected chi connectivity index (χ1v) is 16.0. The standard InChI is InChI=1S/C37H35F2N3O3S/c1-3-24-7-6-8-25(13-24)21-40-22-35(44)34(16-26-14-30(38)20-31(39)15-26)42-36(45)28-17-27(18-29(19-28)37-41-11-12-46-37)33-10-5-4-9-32(33)23(2)43/h4-15,17-20,34-35,40,44H,3,16,21-22H2,1-2H3,(H,42,45). The topological polar surface area (TPSA) is 91.3 Å². The summed E-state index contributed by atoms with van der Waals surface area (Å²) in [7, 11) is 0. The van der Waals surface area contributed by atoms with E-state index in [9.17, 15) is 23.5 Å². The number of nitrogens with one attached hydrogen (secondary N) is 2. The van der Waals surface area contributed by atoms with Crippen molar-refractivity contribution in [1.29, 1.82) is 0 Å². The fourth-order valence-corrected chi connectivity index (χ4v) is 6.06. The van der Waals surface area contributed by atoms with Crippen molar-refractivity contribution in [2.24, 2.45) is 0 Å². The Kier molecular flexibility index (Phi) is 10.8. The number of Topliss-reactive ketones (excluding diaryl/α,β-unsaturated/α-hetero) is 1. The third-order valence-corrected chi connectivity index (χ3v) is 8.56. The third-order valence-electron chi connectivity index (χ3n) is 7.73. The summed E-state index contributed by atoms with van der Waals surface area (Å²) in [6.45, 7) is 4.19. The van der Waals surface area contributed by atoms with E-state index in [0.29, 0.717) is 39.4 Å². The summed E-state index contributed by atoms with van der Waals surface area (Å²) in [5.74, 6) is -2.08. The van der Waals surface area contributed by atoms with E-state index in [1.165, 1.54) is 36.0 Å². The van der Waals surface area contributed by atoms with E-state index in [1.807, 2.05) is 35.7 Å². The molecule has 0 fully saturated rings. The Morgan fingerprint density at radius 1 is 0.891 bits per heavy atom. The number of hydrogen-bond acceptors (Lipinski definition) is 6. The maximum Gasteiger partial charge on any atom is 0.251 e. The fourth-order valence-electron chi connectivity index (χ4n) is 5.43. The van der Waals surface area contributed by atoms with Crippen LogP contribution in [0, 0.1) is 11.6 Å². The number of rotatable bonds is 13. The Bertz CT molecular complexity index is 1810. The number of aromatic nitrogens is 1. The SMILES string of the molecule is CCc1cccc(CNCC(O)C(Cc2cc(F)cc(F)c2)NC(=O)c2cc(-c3nccs3)cc(-c3ccccc3C(C)=O)c2)c1. The zero-order valence-electron chi connectivity index (χ0n) is 25.6. The fraction of sp³-hybridized carbons (Fsp3) is 0.216. The van der Waals surface area contributed by atoms with Gasteiger partial charge in [-0.2, -0.15) is 0 Å². The average Bonchev–Trinajstić information content (AvgIpc) is 3.59. The molecule has 3 N–H and O–H groups in total. The van der Waals surface area contributed by atoms with Gasteiger partial charge in [0.15, 0.2) is 5.78 Å². The largest absolute Gasteiger partial charge is 0.390 e. The molecule has 0 spiro atoms. The van der Waals surface area contributed by atoms with Crippen molar-refractivity contribution in [1.82, 2.24) is 15.6 Å². The number of amides is 1. The minimum Gasteiger partial charge on any atom is -0.390 e. The van der Waals surface area contributed by atoms with Gasteiger partial charge in [-0.25, -0.2) is 13.8 Å². The summed E-state index contributed by atoms with van der Waals surface area (Å²) < 4.78 is 28.2. The molecule has 2 atom stereocenters. The van der Waals surface area contributed by atoms with Crippen molar-refractivity contribution in [3.63, 3.8) is 0 Å². The van der Waals surface area contributed by atoms with Crippen LogP contribution < -0.4 is 10.6 Å². The summed E-state index contributed by atoms with van der Waals surface area (Å²) in [4.78, 5) is 30.8. The van der Waals surface area contributed by atoms with Gasteiger partial charge in [-0.15, -0.1) is 11.3 Å². The highest BCUT2D eigenvalue weighted by atomic mass is 32.1. The molecule has 1 aromatic heterocycles. The molecule has 0 aliphatic rings. The highest BCUT2D eigenvalue weighted by Crippen LogP contribution is 2.31. The lowest BCUT2D eigenvalue weighted by Gasteiger charge is -2.25. The average molecular weight is 640 g/mol. The zero-order valence-corrected chi connectivity index (χ0v) is 26.4. The number of carbonyl (C=O) groups excluding carboxylic acids is 2. The third kappa shape index (κ3) is 8.37. The van der Waals surface area contributed by atoms with E-state index < -0.39 is 29.7 Å². The predicted molar refractivity (Wildman–Crippen MR) is 178 cm³/mol. The first-order chi connectivity index (χ1) is 22.2. The van der Waals surface area contributed by atoms with Gasteiger partial charge in [0, 0.05) is 47.4 Å². The molecule has 4 aromatic carbocycles. The van der Waals surface area contributed by atoms with Crippen molar-refractivity contribution in [3.05, 3.63) is 136 Å². The highest BCUT2D eigenvalue weighted by molar-refractivity contribution is 7.13. The lowest BCUT2D eigenvalue weighted by molar-refractivity contribution is 0.0829. The number of carbonyl (C=O) groups is 2. The van der Waals surface area contributed by atoms with E-state index in [4.69, 9.17) is 0 Å². The van der Waals surface area contributed by atoms with E-state index >= 15 is 0 Å². The van der Waals surface area contributed by atoms with Gasteiger partial charge in [0.1, 0.15) is 16.6 Å². The van der Waals surface area contributed by atoms with Crippen LogP contribution in [-0.4, -0.2) is 40.5 Å². The van der Waals surface area contributed by atoms with Crippen LogP contribution in [0.5, 0.6) is 0 Å². The van der Waals surface area contributed by atoms with Gasteiger partial charge in [-0.3, -0.25) is 9.59 Å². The Morgan fingerprint density at radius 2 is 1.63 bits per heavy atom. The molecule has 9 heteroatoms. The molecule has 0 aliphatic heterocycles. The lowest BCUT2D eigenvalue weighted by atomic mass is 9.94. The Hall–Kier alpha value is -4.57. The van der Waals surface area contributed by atoms with E-state index in [1.54, 1.807) is 30.5 Å². The molecule has 5 rings (SSSR count). The lowest BCUT2D eigenvalue weighted by Crippen LogP contribution is -2.48. The number of hydrogen-bond donors (Lipinski definition) is 3. The van der Waals surface area contributed by atoms with Crippen LogP contribution in [0.15, 0.2) is 96.5 Å². The maximum atomic E-state index is 14.1. The molecule has 0 saturated carbocycles. The summed E-state index contributed by atoms with van der Waals surface area (Å²) in [6.07, 6.45) is 1.47. The first-order valence-electron chi connectivity index (χ1n) is 15.1. The molecular formula is C37H35F2N3O3S. The number of aryl methyl sites for hydroxylation is 1. The van der Waals surface area contributed by atoms with Crippen LogP contribution in [0.25, 0.3) is 21.7 Å². The Morgan fingerprint density at radius 3 is 2.35 bits per heavy atom. The quantitative estimate of drug-likeness (QED) is 0.121. The number of thiazole rings is 1.